The minimum absolute atomic E-state index is 0. The fraction of sp³-hybridized carbons (Fsp3) is 0.400. The molecule has 74 valence electrons. The molecule has 0 aliphatic carbocycles. The molecule has 0 amide bonds. The Labute approximate surface area is 90.6 Å². The summed E-state index contributed by atoms with van der Waals surface area (Å²) in [7, 11) is 0. The molecule has 0 spiro atoms. The molecular formula is C10H18N2Se. The molecule has 13 heavy (non-hydrogen) atoms. The average Bonchev–Trinajstić information content (AvgIpc) is 2.24. The van der Waals surface area contributed by atoms with E-state index in [0.717, 1.165) is 26.2 Å². The quantitative estimate of drug-likeness (QED) is 0.626. The van der Waals surface area contributed by atoms with E-state index in [1.807, 2.05) is 36.4 Å². The molecule has 1 heterocycles. The van der Waals surface area contributed by atoms with Crippen molar-refractivity contribution in [2.24, 2.45) is 0 Å². The predicted octanol–water partition coefficient (Wildman–Crippen LogP) is -0.0504. The Balaban J connectivity index is 0.000000206. The molecule has 0 radical (unpaired) electrons. The van der Waals surface area contributed by atoms with E-state index in [1.54, 1.807) is 0 Å². The van der Waals surface area contributed by atoms with E-state index in [0.29, 0.717) is 0 Å². The van der Waals surface area contributed by atoms with Crippen LogP contribution >= 0.6 is 0 Å². The van der Waals surface area contributed by atoms with Crippen molar-refractivity contribution < 1.29 is 0 Å². The van der Waals surface area contributed by atoms with Gasteiger partial charge in [-0.1, -0.05) is 36.4 Å². The Hall–Kier alpha value is -0.341. The molecule has 0 saturated carbocycles. The maximum atomic E-state index is 3.22. The summed E-state index contributed by atoms with van der Waals surface area (Å²) < 4.78 is 0. The van der Waals surface area contributed by atoms with Gasteiger partial charge in [-0.15, -0.1) is 0 Å². The third kappa shape index (κ3) is 8.00. The van der Waals surface area contributed by atoms with Crippen molar-refractivity contribution in [2.75, 3.05) is 26.2 Å². The van der Waals surface area contributed by atoms with Gasteiger partial charge in [-0.05, 0) is 0 Å². The summed E-state index contributed by atoms with van der Waals surface area (Å²) >= 11 is 0. The first-order valence-electron chi connectivity index (χ1n) is 4.41. The molecule has 1 aromatic rings. The molecule has 0 unspecified atom stereocenters. The summed E-state index contributed by atoms with van der Waals surface area (Å²) in [5.41, 5.74) is 0. The van der Waals surface area contributed by atoms with Gasteiger partial charge < -0.3 is 10.6 Å². The van der Waals surface area contributed by atoms with Crippen molar-refractivity contribution in [3.8, 4) is 0 Å². The maximum Gasteiger partial charge on any atom is -0.0623 e. The molecule has 2 nitrogen and oxygen atoms in total. The number of hydrogen-bond acceptors (Lipinski definition) is 2. The number of hydrogen-bond donors (Lipinski definition) is 2. The fourth-order valence-corrected chi connectivity index (χ4v) is 0.988. The Morgan fingerprint density at radius 1 is 0.538 bits per heavy atom. The van der Waals surface area contributed by atoms with E-state index < -0.39 is 0 Å². The maximum absolute atomic E-state index is 3.22. The van der Waals surface area contributed by atoms with Gasteiger partial charge in [-0.25, -0.2) is 0 Å². The summed E-state index contributed by atoms with van der Waals surface area (Å²) in [5.74, 6) is 0. The van der Waals surface area contributed by atoms with E-state index in [9.17, 15) is 0 Å². The molecule has 0 atom stereocenters. The summed E-state index contributed by atoms with van der Waals surface area (Å²) in [5, 5.41) is 6.44. The van der Waals surface area contributed by atoms with Crippen LogP contribution < -0.4 is 10.6 Å². The molecule has 0 aromatic heterocycles. The molecule has 0 bridgehead atoms. The van der Waals surface area contributed by atoms with Gasteiger partial charge >= 0.3 is 17.1 Å². The van der Waals surface area contributed by atoms with Crippen molar-refractivity contribution in [3.05, 3.63) is 36.4 Å². The Kier molecular flexibility index (Phi) is 9.49. The third-order valence-corrected chi connectivity index (χ3v) is 1.62. The largest absolute Gasteiger partial charge is 0.0623 e. The van der Waals surface area contributed by atoms with Gasteiger partial charge in [0.1, 0.15) is 0 Å². The van der Waals surface area contributed by atoms with Gasteiger partial charge in [0.15, 0.2) is 0 Å². The van der Waals surface area contributed by atoms with Gasteiger partial charge in [-0.2, -0.15) is 0 Å². The van der Waals surface area contributed by atoms with Gasteiger partial charge in [-0.3, -0.25) is 0 Å². The first-order valence-corrected chi connectivity index (χ1v) is 4.41. The van der Waals surface area contributed by atoms with Crippen LogP contribution in [0.2, 0.25) is 0 Å². The normalized spacial score (nSPS) is 14.8. The van der Waals surface area contributed by atoms with Crippen molar-refractivity contribution in [2.45, 2.75) is 0 Å². The first-order chi connectivity index (χ1) is 6.00. The standard InChI is InChI=1S/C6H6.C4H10N2.H2Se/c1-2-4-6-5-3-1;1-2-6-4-3-5-1;/h1-6H;5-6H,1-4H2;1H2. The molecular weight excluding hydrogens is 227 g/mol. The Bertz CT molecular complexity index is 137. The van der Waals surface area contributed by atoms with E-state index in [-0.39, 0.29) is 17.1 Å². The van der Waals surface area contributed by atoms with Crippen molar-refractivity contribution >= 4 is 17.1 Å². The summed E-state index contributed by atoms with van der Waals surface area (Å²) in [6, 6.07) is 12.0. The second kappa shape index (κ2) is 9.75. The minimum Gasteiger partial charge on any atom is -0.0623 e. The first kappa shape index (κ1) is 12.7. The number of benzene rings is 1. The van der Waals surface area contributed by atoms with Crippen LogP contribution in [0.3, 0.4) is 0 Å². The Morgan fingerprint density at radius 3 is 0.923 bits per heavy atom. The van der Waals surface area contributed by atoms with Crippen LogP contribution in [0.1, 0.15) is 0 Å². The molecule has 1 aliphatic heterocycles. The molecule has 1 aliphatic rings. The zero-order chi connectivity index (χ0) is 8.49. The average molecular weight is 245 g/mol. The zero-order valence-electron chi connectivity index (χ0n) is 7.79. The van der Waals surface area contributed by atoms with Crippen LogP contribution in [0, 0.1) is 0 Å². The van der Waals surface area contributed by atoms with Gasteiger partial charge in [0.05, 0.1) is 0 Å². The predicted molar refractivity (Wildman–Crippen MR) is 60.7 cm³/mol. The molecule has 1 fully saturated rings. The number of rotatable bonds is 0. The van der Waals surface area contributed by atoms with Gasteiger partial charge in [0.2, 0.25) is 0 Å². The van der Waals surface area contributed by atoms with Gasteiger partial charge in [0, 0.05) is 26.2 Å². The summed E-state index contributed by atoms with van der Waals surface area (Å²) in [6.45, 7) is 4.56. The van der Waals surface area contributed by atoms with E-state index >= 15 is 0 Å². The topological polar surface area (TPSA) is 24.1 Å². The fourth-order valence-electron chi connectivity index (χ4n) is 0.988. The van der Waals surface area contributed by atoms with Crippen LogP contribution in [-0.2, 0) is 0 Å². The molecule has 2 rings (SSSR count). The smallest absolute Gasteiger partial charge is 0.0623 e. The van der Waals surface area contributed by atoms with E-state index in [1.165, 1.54) is 0 Å². The van der Waals surface area contributed by atoms with Gasteiger partial charge in [0.25, 0.3) is 0 Å². The van der Waals surface area contributed by atoms with Crippen LogP contribution in [-0.4, -0.2) is 43.2 Å². The second-order valence-corrected chi connectivity index (χ2v) is 2.65. The monoisotopic (exact) mass is 246 g/mol. The van der Waals surface area contributed by atoms with Crippen LogP contribution in [0.5, 0.6) is 0 Å². The van der Waals surface area contributed by atoms with E-state index in [4.69, 9.17) is 0 Å². The van der Waals surface area contributed by atoms with Crippen molar-refractivity contribution in [1.29, 1.82) is 0 Å². The third-order valence-electron chi connectivity index (χ3n) is 1.62. The van der Waals surface area contributed by atoms with Crippen molar-refractivity contribution in [3.63, 3.8) is 0 Å². The number of piperazine rings is 1. The van der Waals surface area contributed by atoms with Crippen LogP contribution in [0.25, 0.3) is 0 Å². The molecule has 1 saturated heterocycles. The second-order valence-electron chi connectivity index (χ2n) is 2.65. The SMILES string of the molecule is C1CNCCN1.[SeH2].c1ccccc1. The van der Waals surface area contributed by atoms with Crippen LogP contribution in [0.15, 0.2) is 36.4 Å². The molecule has 1 aromatic carbocycles. The zero-order valence-corrected chi connectivity index (χ0v) is 9.89. The summed E-state index contributed by atoms with van der Waals surface area (Å²) in [4.78, 5) is 0. The molecule has 3 heteroatoms. The number of nitrogens with one attached hydrogen (secondary N) is 2. The Morgan fingerprint density at radius 2 is 0.769 bits per heavy atom. The molecule has 2 N–H and O–H groups in total. The van der Waals surface area contributed by atoms with Crippen molar-refractivity contribution in [1.82, 2.24) is 10.6 Å². The summed E-state index contributed by atoms with van der Waals surface area (Å²) in [6.07, 6.45) is 0. The van der Waals surface area contributed by atoms with E-state index in [2.05, 4.69) is 10.6 Å². The van der Waals surface area contributed by atoms with Crippen LogP contribution in [0.4, 0.5) is 0 Å². The minimum atomic E-state index is 0.